The van der Waals surface area contributed by atoms with Crippen LogP contribution in [-0.2, 0) is 0 Å². The Morgan fingerprint density at radius 1 is 1.30 bits per heavy atom. The van der Waals surface area contributed by atoms with Crippen LogP contribution in [0.5, 0.6) is 0 Å². The summed E-state index contributed by atoms with van der Waals surface area (Å²) in [6, 6.07) is 7.63. The molecular weight excluding hydrogens is 248 g/mol. The first-order valence-electron chi connectivity index (χ1n) is 7.75. The molecule has 0 aliphatic heterocycles. The lowest BCUT2D eigenvalue weighted by atomic mass is 9.81. The molecule has 1 fully saturated rings. The molecule has 3 nitrogen and oxygen atoms in total. The third kappa shape index (κ3) is 3.99. The lowest BCUT2D eigenvalue weighted by Gasteiger charge is -2.26. The first-order chi connectivity index (χ1) is 9.70. The van der Waals surface area contributed by atoms with Gasteiger partial charge in [0.15, 0.2) is 0 Å². The summed E-state index contributed by atoms with van der Waals surface area (Å²) in [6.45, 7) is 3.13. The molecule has 0 saturated heterocycles. The fourth-order valence-electron chi connectivity index (χ4n) is 3.21. The molecule has 0 radical (unpaired) electrons. The molecule has 1 aromatic rings. The number of anilines is 1. The first kappa shape index (κ1) is 14.9. The van der Waals surface area contributed by atoms with Gasteiger partial charge in [-0.25, -0.2) is 0 Å². The molecule has 3 heteroatoms. The molecular formula is C17H26N2O. The van der Waals surface area contributed by atoms with Gasteiger partial charge in [0, 0.05) is 19.3 Å². The van der Waals surface area contributed by atoms with E-state index in [9.17, 15) is 4.79 Å². The van der Waals surface area contributed by atoms with E-state index < -0.39 is 0 Å². The lowest BCUT2D eigenvalue weighted by molar-refractivity contribution is 0.0950. The number of rotatable bonds is 5. The van der Waals surface area contributed by atoms with Gasteiger partial charge in [-0.3, -0.25) is 4.79 Å². The van der Waals surface area contributed by atoms with E-state index in [-0.39, 0.29) is 5.91 Å². The summed E-state index contributed by atoms with van der Waals surface area (Å²) in [5.41, 5.74) is 1.61. The number of amides is 1. The van der Waals surface area contributed by atoms with E-state index in [0.717, 1.165) is 36.1 Å². The summed E-state index contributed by atoms with van der Waals surface area (Å²) in [5, 5.41) is 6.12. The van der Waals surface area contributed by atoms with Crippen LogP contribution in [-0.4, -0.2) is 19.5 Å². The Balaban J connectivity index is 1.80. The van der Waals surface area contributed by atoms with Crippen molar-refractivity contribution in [2.24, 2.45) is 11.8 Å². The van der Waals surface area contributed by atoms with Crippen molar-refractivity contribution in [2.45, 2.75) is 39.0 Å². The second-order valence-electron chi connectivity index (χ2n) is 5.98. The number of para-hydroxylation sites is 1. The molecule has 2 N–H and O–H groups in total. The van der Waals surface area contributed by atoms with Gasteiger partial charge >= 0.3 is 0 Å². The molecule has 0 heterocycles. The quantitative estimate of drug-likeness (QED) is 0.860. The molecule has 2 rings (SSSR count). The van der Waals surface area contributed by atoms with Crippen molar-refractivity contribution in [3.8, 4) is 0 Å². The van der Waals surface area contributed by atoms with Gasteiger partial charge in [0.2, 0.25) is 0 Å². The highest BCUT2D eigenvalue weighted by atomic mass is 16.1. The summed E-state index contributed by atoms with van der Waals surface area (Å²) < 4.78 is 0. The molecule has 1 aliphatic rings. The summed E-state index contributed by atoms with van der Waals surface area (Å²) in [6.07, 6.45) is 6.48. The minimum atomic E-state index is 0.0267. The number of nitrogens with one attached hydrogen (secondary N) is 2. The van der Waals surface area contributed by atoms with Crippen molar-refractivity contribution >= 4 is 11.6 Å². The van der Waals surface area contributed by atoms with Crippen molar-refractivity contribution in [2.75, 3.05) is 18.9 Å². The summed E-state index contributed by atoms with van der Waals surface area (Å²) >= 11 is 0. The Hall–Kier alpha value is -1.51. The fraction of sp³-hybridized carbons (Fsp3) is 0.588. The first-order valence-corrected chi connectivity index (χ1v) is 7.75. The molecule has 1 saturated carbocycles. The van der Waals surface area contributed by atoms with Gasteiger partial charge in [0.05, 0.1) is 5.56 Å². The van der Waals surface area contributed by atoms with Crippen LogP contribution in [0, 0.1) is 11.8 Å². The summed E-state index contributed by atoms with van der Waals surface area (Å²) in [5.74, 6) is 1.67. The summed E-state index contributed by atoms with van der Waals surface area (Å²) in [4.78, 5) is 12.2. The van der Waals surface area contributed by atoms with Crippen LogP contribution in [0.2, 0.25) is 0 Å². The minimum absolute atomic E-state index is 0.0267. The molecule has 20 heavy (non-hydrogen) atoms. The highest BCUT2D eigenvalue weighted by Gasteiger charge is 2.18. The molecule has 1 amide bonds. The normalized spacial score (nSPS) is 22.3. The van der Waals surface area contributed by atoms with E-state index >= 15 is 0 Å². The third-order valence-electron chi connectivity index (χ3n) is 4.32. The highest BCUT2D eigenvalue weighted by molar-refractivity contribution is 5.99. The Morgan fingerprint density at radius 3 is 2.85 bits per heavy atom. The second kappa shape index (κ2) is 7.32. The van der Waals surface area contributed by atoms with Gasteiger partial charge in [-0.2, -0.15) is 0 Å². The van der Waals surface area contributed by atoms with Crippen LogP contribution >= 0.6 is 0 Å². The van der Waals surface area contributed by atoms with Crippen molar-refractivity contribution in [1.29, 1.82) is 0 Å². The van der Waals surface area contributed by atoms with E-state index in [0.29, 0.717) is 0 Å². The van der Waals surface area contributed by atoms with Crippen molar-refractivity contribution in [3.63, 3.8) is 0 Å². The maximum Gasteiger partial charge on any atom is 0.253 e. The van der Waals surface area contributed by atoms with Gasteiger partial charge in [-0.1, -0.05) is 38.3 Å². The number of benzene rings is 1. The van der Waals surface area contributed by atoms with Crippen LogP contribution in [0.15, 0.2) is 24.3 Å². The largest absolute Gasteiger partial charge is 0.387 e. The zero-order chi connectivity index (χ0) is 14.4. The predicted octanol–water partition coefficient (Wildman–Crippen LogP) is 3.67. The molecule has 1 aliphatic carbocycles. The smallest absolute Gasteiger partial charge is 0.253 e. The Kier molecular flexibility index (Phi) is 5.45. The van der Waals surface area contributed by atoms with Gasteiger partial charge in [-0.15, -0.1) is 0 Å². The van der Waals surface area contributed by atoms with Crippen molar-refractivity contribution < 1.29 is 4.79 Å². The van der Waals surface area contributed by atoms with Crippen LogP contribution in [0.3, 0.4) is 0 Å². The molecule has 2 unspecified atom stereocenters. The number of hydrogen-bond acceptors (Lipinski definition) is 2. The topological polar surface area (TPSA) is 41.1 Å². The van der Waals surface area contributed by atoms with E-state index in [4.69, 9.17) is 0 Å². The zero-order valence-corrected chi connectivity index (χ0v) is 12.6. The lowest BCUT2D eigenvalue weighted by Crippen LogP contribution is -2.27. The van der Waals surface area contributed by atoms with Gasteiger partial charge in [0.1, 0.15) is 0 Å². The number of carbonyl (C=O) groups excluding carboxylic acids is 1. The van der Waals surface area contributed by atoms with E-state index in [1.54, 1.807) is 0 Å². The van der Waals surface area contributed by atoms with E-state index in [2.05, 4.69) is 17.6 Å². The van der Waals surface area contributed by atoms with Crippen molar-refractivity contribution in [3.05, 3.63) is 29.8 Å². The highest BCUT2D eigenvalue weighted by Crippen LogP contribution is 2.30. The van der Waals surface area contributed by atoms with Crippen molar-refractivity contribution in [1.82, 2.24) is 5.32 Å². The van der Waals surface area contributed by atoms with Gasteiger partial charge in [-0.05, 0) is 36.8 Å². The SMILES string of the molecule is CNc1ccccc1C(=O)NCCC1CCCC(C)C1. The number of carbonyl (C=O) groups is 1. The fourth-order valence-corrected chi connectivity index (χ4v) is 3.21. The Morgan fingerprint density at radius 2 is 2.10 bits per heavy atom. The maximum absolute atomic E-state index is 12.2. The molecule has 2 atom stereocenters. The Labute approximate surface area is 122 Å². The van der Waals surface area contributed by atoms with Crippen LogP contribution in [0.4, 0.5) is 5.69 Å². The zero-order valence-electron chi connectivity index (χ0n) is 12.6. The van der Waals surface area contributed by atoms with E-state index in [1.165, 1.54) is 25.7 Å². The third-order valence-corrected chi connectivity index (χ3v) is 4.32. The van der Waals surface area contributed by atoms with Gasteiger partial charge in [0.25, 0.3) is 5.91 Å². The average Bonchev–Trinajstić information content (AvgIpc) is 2.47. The molecule has 0 bridgehead atoms. The van der Waals surface area contributed by atoms with E-state index in [1.807, 2.05) is 31.3 Å². The van der Waals surface area contributed by atoms with Crippen LogP contribution in [0.1, 0.15) is 49.4 Å². The van der Waals surface area contributed by atoms with Gasteiger partial charge < -0.3 is 10.6 Å². The maximum atomic E-state index is 12.2. The Bertz CT molecular complexity index is 444. The van der Waals surface area contributed by atoms with Crippen LogP contribution in [0.25, 0.3) is 0 Å². The molecule has 1 aromatic carbocycles. The monoisotopic (exact) mass is 274 g/mol. The minimum Gasteiger partial charge on any atom is -0.387 e. The molecule has 110 valence electrons. The average molecular weight is 274 g/mol. The summed E-state index contributed by atoms with van der Waals surface area (Å²) in [7, 11) is 1.84. The molecule has 0 aromatic heterocycles. The predicted molar refractivity (Wildman–Crippen MR) is 84.1 cm³/mol. The second-order valence-corrected chi connectivity index (χ2v) is 5.98. The standard InChI is InChI=1S/C17H26N2O/c1-13-6-5-7-14(12-13)10-11-19-17(20)15-8-3-4-9-16(15)18-2/h3-4,8-9,13-14,18H,5-7,10-12H2,1-2H3,(H,19,20). The number of hydrogen-bond donors (Lipinski definition) is 2. The molecule has 0 spiro atoms. The van der Waals surface area contributed by atoms with Crippen LogP contribution < -0.4 is 10.6 Å².